The number of likely N-dealkylation sites (N-methyl/N-ethyl adjacent to an activating group) is 1. The highest BCUT2D eigenvalue weighted by atomic mass is 16.2. The van der Waals surface area contributed by atoms with Gasteiger partial charge in [-0.1, -0.05) is 0 Å². The van der Waals surface area contributed by atoms with Crippen LogP contribution in [0.3, 0.4) is 0 Å². The molecule has 0 saturated heterocycles. The summed E-state index contributed by atoms with van der Waals surface area (Å²) >= 11 is 0. The fraction of sp³-hybridized carbons (Fsp3) is 0.333. The summed E-state index contributed by atoms with van der Waals surface area (Å²) in [6, 6.07) is 3.54. The van der Waals surface area contributed by atoms with E-state index in [0.717, 1.165) is 0 Å². The van der Waals surface area contributed by atoms with Gasteiger partial charge in [0.05, 0.1) is 0 Å². The van der Waals surface area contributed by atoms with Crippen LogP contribution in [0.1, 0.15) is 11.7 Å². The first kappa shape index (κ1) is 9.51. The Kier molecular flexibility index (Phi) is 2.84. The average molecular weight is 180 g/mol. The number of hydrogen-bond donors (Lipinski definition) is 0. The number of nitrogens with zero attached hydrogens (tertiary/aromatic N) is 2. The van der Waals surface area contributed by atoms with Gasteiger partial charge in [0.1, 0.15) is 6.54 Å². The van der Waals surface area contributed by atoms with Crippen molar-refractivity contribution in [3.63, 3.8) is 0 Å². The lowest BCUT2D eigenvalue weighted by atomic mass is 10.5. The van der Waals surface area contributed by atoms with Gasteiger partial charge in [-0.3, -0.25) is 14.2 Å². The van der Waals surface area contributed by atoms with Crippen LogP contribution >= 0.6 is 0 Å². The Morgan fingerprint density at radius 3 is 2.31 bits per heavy atom. The summed E-state index contributed by atoms with van der Waals surface area (Å²) in [6.07, 6.45) is 3.33. The van der Waals surface area contributed by atoms with Gasteiger partial charge in [0, 0.05) is 26.4 Å². The lowest BCUT2D eigenvalue weighted by Crippen LogP contribution is -2.32. The second-order valence-electron chi connectivity index (χ2n) is 2.86. The Balaban J connectivity index is 2.56. The highest BCUT2D eigenvalue weighted by molar-refractivity contribution is 5.85. The van der Waals surface area contributed by atoms with Gasteiger partial charge < -0.3 is 4.90 Å². The molecule has 70 valence electrons. The molecule has 0 aliphatic carbocycles. The molecule has 0 fully saturated rings. The molecule has 0 bridgehead atoms. The number of carbonyl (C=O) groups excluding carboxylic acids is 2. The molecule has 4 heteroatoms. The van der Waals surface area contributed by atoms with Crippen molar-refractivity contribution in [1.29, 1.82) is 0 Å². The number of hydrogen-bond acceptors (Lipinski definition) is 2. The zero-order valence-electron chi connectivity index (χ0n) is 7.73. The van der Waals surface area contributed by atoms with Crippen molar-refractivity contribution in [2.45, 2.75) is 6.92 Å². The van der Waals surface area contributed by atoms with Crippen molar-refractivity contribution in [3.05, 3.63) is 24.5 Å². The number of amides is 1. The van der Waals surface area contributed by atoms with Gasteiger partial charge in [-0.25, -0.2) is 0 Å². The molecule has 1 aromatic heterocycles. The minimum atomic E-state index is -0.111. The second-order valence-corrected chi connectivity index (χ2v) is 2.86. The van der Waals surface area contributed by atoms with E-state index in [9.17, 15) is 9.59 Å². The van der Waals surface area contributed by atoms with Gasteiger partial charge in [-0.05, 0) is 12.1 Å². The van der Waals surface area contributed by atoms with Crippen molar-refractivity contribution < 1.29 is 9.59 Å². The molecular formula is C9H12N2O2. The van der Waals surface area contributed by atoms with Crippen LogP contribution < -0.4 is 0 Å². The average Bonchev–Trinajstić information content (AvgIpc) is 2.55. The smallest absolute Gasteiger partial charge is 0.250 e. The topological polar surface area (TPSA) is 42.3 Å². The van der Waals surface area contributed by atoms with E-state index in [1.807, 2.05) is 0 Å². The van der Waals surface area contributed by atoms with Crippen molar-refractivity contribution in [2.24, 2.45) is 0 Å². The van der Waals surface area contributed by atoms with Crippen LogP contribution in [0.2, 0.25) is 0 Å². The molecule has 1 heterocycles. The van der Waals surface area contributed by atoms with E-state index < -0.39 is 0 Å². The summed E-state index contributed by atoms with van der Waals surface area (Å²) < 4.78 is 1.46. The van der Waals surface area contributed by atoms with Crippen LogP contribution in [0.25, 0.3) is 0 Å². The zero-order chi connectivity index (χ0) is 9.84. The van der Waals surface area contributed by atoms with E-state index >= 15 is 0 Å². The lowest BCUT2D eigenvalue weighted by Gasteiger charge is -2.13. The third-order valence-electron chi connectivity index (χ3n) is 1.80. The van der Waals surface area contributed by atoms with E-state index in [1.54, 1.807) is 31.6 Å². The van der Waals surface area contributed by atoms with Gasteiger partial charge in [0.2, 0.25) is 11.8 Å². The summed E-state index contributed by atoms with van der Waals surface area (Å²) in [4.78, 5) is 23.6. The fourth-order valence-electron chi connectivity index (χ4n) is 0.897. The fourth-order valence-corrected chi connectivity index (χ4v) is 0.897. The van der Waals surface area contributed by atoms with Crippen LogP contribution in [0.15, 0.2) is 24.5 Å². The molecule has 0 atom stereocenters. The van der Waals surface area contributed by atoms with Crippen LogP contribution in [0, 0.1) is 0 Å². The number of carbonyl (C=O) groups is 2. The van der Waals surface area contributed by atoms with Crippen LogP contribution in [0.4, 0.5) is 0 Å². The molecule has 0 saturated carbocycles. The summed E-state index contributed by atoms with van der Waals surface area (Å²) in [7, 11) is 1.60. The summed E-state index contributed by atoms with van der Waals surface area (Å²) in [5.41, 5.74) is 0. The Bertz CT molecular complexity index is 303. The van der Waals surface area contributed by atoms with Crippen LogP contribution in [0.5, 0.6) is 0 Å². The standard InChI is InChI=1S/C9H12N2O2/c1-8(12)10(2)7-9(13)11-5-3-4-6-11/h3-6H,7H2,1-2H3. The molecule has 0 aromatic carbocycles. The normalized spacial score (nSPS) is 9.69. The predicted octanol–water partition coefficient (Wildman–Crippen LogP) is 0.607. The van der Waals surface area contributed by atoms with Crippen LogP contribution in [-0.4, -0.2) is 34.9 Å². The third kappa shape index (κ3) is 2.43. The molecule has 0 radical (unpaired) electrons. The Hall–Kier alpha value is -1.58. The van der Waals surface area contributed by atoms with Crippen molar-refractivity contribution in [1.82, 2.24) is 9.47 Å². The number of rotatable bonds is 2. The summed E-state index contributed by atoms with van der Waals surface area (Å²) in [6.45, 7) is 1.55. The maximum Gasteiger partial charge on any atom is 0.250 e. The largest absolute Gasteiger partial charge is 0.337 e. The minimum Gasteiger partial charge on any atom is -0.337 e. The molecule has 0 N–H and O–H groups in total. The summed E-state index contributed by atoms with van der Waals surface area (Å²) in [5, 5.41) is 0. The lowest BCUT2D eigenvalue weighted by molar-refractivity contribution is -0.127. The van der Waals surface area contributed by atoms with Gasteiger partial charge in [0.25, 0.3) is 0 Å². The first-order valence-electron chi connectivity index (χ1n) is 3.99. The molecule has 0 unspecified atom stereocenters. The van der Waals surface area contributed by atoms with Crippen molar-refractivity contribution in [3.8, 4) is 0 Å². The third-order valence-corrected chi connectivity index (χ3v) is 1.80. The molecule has 1 rings (SSSR count). The SMILES string of the molecule is CC(=O)N(C)CC(=O)n1cccc1. The second kappa shape index (κ2) is 3.89. The first-order valence-corrected chi connectivity index (χ1v) is 3.99. The van der Waals surface area contributed by atoms with Crippen molar-refractivity contribution in [2.75, 3.05) is 13.6 Å². The Morgan fingerprint density at radius 1 is 1.31 bits per heavy atom. The van der Waals surface area contributed by atoms with Gasteiger partial charge in [-0.15, -0.1) is 0 Å². The van der Waals surface area contributed by atoms with Crippen molar-refractivity contribution >= 4 is 11.8 Å². The van der Waals surface area contributed by atoms with Gasteiger partial charge in [-0.2, -0.15) is 0 Å². The highest BCUT2D eigenvalue weighted by Crippen LogP contribution is 1.92. The quantitative estimate of drug-likeness (QED) is 0.669. The maximum absolute atomic E-state index is 11.4. The van der Waals surface area contributed by atoms with Gasteiger partial charge in [0.15, 0.2) is 0 Å². The zero-order valence-corrected chi connectivity index (χ0v) is 7.73. The summed E-state index contributed by atoms with van der Waals surface area (Å²) in [5.74, 6) is -0.219. The van der Waals surface area contributed by atoms with E-state index in [1.165, 1.54) is 16.4 Å². The Morgan fingerprint density at radius 2 is 1.85 bits per heavy atom. The maximum atomic E-state index is 11.4. The number of aromatic nitrogens is 1. The van der Waals surface area contributed by atoms with E-state index in [2.05, 4.69) is 0 Å². The molecule has 0 aliphatic heterocycles. The molecular weight excluding hydrogens is 168 g/mol. The monoisotopic (exact) mass is 180 g/mol. The van der Waals surface area contributed by atoms with E-state index in [0.29, 0.717) is 0 Å². The molecule has 4 nitrogen and oxygen atoms in total. The highest BCUT2D eigenvalue weighted by Gasteiger charge is 2.09. The molecule has 0 aliphatic rings. The molecule has 13 heavy (non-hydrogen) atoms. The Labute approximate surface area is 76.8 Å². The molecule has 1 aromatic rings. The predicted molar refractivity (Wildman–Crippen MR) is 48.4 cm³/mol. The minimum absolute atomic E-state index is 0.109. The van der Waals surface area contributed by atoms with E-state index in [4.69, 9.17) is 0 Å². The molecule has 1 amide bonds. The van der Waals surface area contributed by atoms with Gasteiger partial charge >= 0.3 is 0 Å². The van der Waals surface area contributed by atoms with E-state index in [-0.39, 0.29) is 18.4 Å². The van der Waals surface area contributed by atoms with Crippen LogP contribution in [-0.2, 0) is 4.79 Å². The first-order chi connectivity index (χ1) is 6.11. The molecule has 0 spiro atoms.